The molecule has 0 heterocycles. The topological polar surface area (TPSA) is 78.9 Å². The standard InChI is InChI=1S/C68H120O6/c1-4-7-10-13-16-19-22-25-28-30-31-32-33-34-35-36-37-39-40-43-46-49-52-55-58-61-67(70)73-64-65(63-72-66(69)60-57-54-51-48-45-42-27-24-21-18-15-12-9-6-3)74-68(71)62-59-56-53-50-47-44-41-38-29-26-23-20-17-14-11-8-5-2/h8,11,15,17-18,20,24,26-27,29-31,65H,4-7,9-10,12-14,16,19,21-23,25,28,32-64H2,1-3H3/b11-8-,18-15-,20-17-,27-24-,29-26-,31-30-. The van der Waals surface area contributed by atoms with Gasteiger partial charge >= 0.3 is 17.9 Å². The van der Waals surface area contributed by atoms with Crippen molar-refractivity contribution in [2.45, 2.75) is 329 Å². The molecule has 0 N–H and O–H groups in total. The Morgan fingerprint density at radius 2 is 0.541 bits per heavy atom. The summed E-state index contributed by atoms with van der Waals surface area (Å²) in [6.45, 7) is 6.50. The summed E-state index contributed by atoms with van der Waals surface area (Å²) in [6, 6.07) is 0. The first-order valence-corrected chi connectivity index (χ1v) is 31.9. The Morgan fingerprint density at radius 1 is 0.284 bits per heavy atom. The van der Waals surface area contributed by atoms with E-state index in [1.165, 1.54) is 180 Å². The third-order valence-electron chi connectivity index (χ3n) is 13.9. The summed E-state index contributed by atoms with van der Waals surface area (Å²) in [6.07, 6.45) is 80.5. The van der Waals surface area contributed by atoms with E-state index in [0.29, 0.717) is 19.3 Å². The highest BCUT2D eigenvalue weighted by Crippen LogP contribution is 2.16. The van der Waals surface area contributed by atoms with E-state index < -0.39 is 6.10 Å². The fourth-order valence-electron chi connectivity index (χ4n) is 9.12. The minimum absolute atomic E-state index is 0.0826. The largest absolute Gasteiger partial charge is 0.462 e. The zero-order chi connectivity index (χ0) is 53.6. The molecule has 428 valence electrons. The third kappa shape index (κ3) is 59.7. The van der Waals surface area contributed by atoms with Crippen LogP contribution in [0.3, 0.4) is 0 Å². The van der Waals surface area contributed by atoms with Crippen LogP contribution in [0.25, 0.3) is 0 Å². The quantitative estimate of drug-likeness (QED) is 0.0261. The fourth-order valence-corrected chi connectivity index (χ4v) is 9.12. The molecule has 0 saturated carbocycles. The van der Waals surface area contributed by atoms with Crippen molar-refractivity contribution < 1.29 is 28.6 Å². The maximum atomic E-state index is 12.9. The summed E-state index contributed by atoms with van der Waals surface area (Å²) in [5.74, 6) is -0.894. The zero-order valence-corrected chi connectivity index (χ0v) is 49.1. The molecule has 0 bridgehead atoms. The Balaban J connectivity index is 4.30. The van der Waals surface area contributed by atoms with Crippen LogP contribution in [0.15, 0.2) is 72.9 Å². The van der Waals surface area contributed by atoms with E-state index in [1.807, 2.05) is 0 Å². The predicted octanol–water partition coefficient (Wildman–Crippen LogP) is 21.7. The van der Waals surface area contributed by atoms with Gasteiger partial charge in [0.1, 0.15) is 13.2 Å². The summed E-state index contributed by atoms with van der Waals surface area (Å²) in [5.41, 5.74) is 0. The van der Waals surface area contributed by atoms with Gasteiger partial charge in [-0.25, -0.2) is 0 Å². The van der Waals surface area contributed by atoms with Crippen LogP contribution >= 0.6 is 0 Å². The van der Waals surface area contributed by atoms with Gasteiger partial charge in [0.05, 0.1) is 0 Å². The van der Waals surface area contributed by atoms with Gasteiger partial charge in [0.2, 0.25) is 0 Å². The van der Waals surface area contributed by atoms with Crippen LogP contribution in [0.2, 0.25) is 0 Å². The molecule has 0 aromatic heterocycles. The first-order chi connectivity index (χ1) is 36.5. The molecule has 0 aliphatic carbocycles. The van der Waals surface area contributed by atoms with Crippen LogP contribution < -0.4 is 0 Å². The molecule has 0 aliphatic rings. The van der Waals surface area contributed by atoms with Gasteiger partial charge in [-0.2, -0.15) is 0 Å². The number of esters is 3. The second-order valence-electron chi connectivity index (χ2n) is 21.3. The zero-order valence-electron chi connectivity index (χ0n) is 49.1. The number of hydrogen-bond acceptors (Lipinski definition) is 6. The number of carbonyl (C=O) groups is 3. The Kier molecular flexibility index (Phi) is 59.7. The smallest absolute Gasteiger partial charge is 0.306 e. The molecule has 0 aromatic rings. The van der Waals surface area contributed by atoms with Crippen molar-refractivity contribution in [3.8, 4) is 0 Å². The van der Waals surface area contributed by atoms with Crippen molar-refractivity contribution in [2.24, 2.45) is 0 Å². The maximum Gasteiger partial charge on any atom is 0.306 e. The van der Waals surface area contributed by atoms with Gasteiger partial charge < -0.3 is 14.2 Å². The highest BCUT2D eigenvalue weighted by atomic mass is 16.6. The molecular formula is C68H120O6. The molecule has 0 amide bonds. The van der Waals surface area contributed by atoms with Gasteiger partial charge in [0.15, 0.2) is 6.10 Å². The second kappa shape index (κ2) is 62.4. The van der Waals surface area contributed by atoms with Gasteiger partial charge in [-0.1, -0.05) is 273 Å². The number of carbonyl (C=O) groups excluding carboxylic acids is 3. The Morgan fingerprint density at radius 3 is 0.878 bits per heavy atom. The average Bonchev–Trinajstić information content (AvgIpc) is 3.40. The fraction of sp³-hybridized carbons (Fsp3) is 0.779. The van der Waals surface area contributed by atoms with Crippen LogP contribution in [-0.4, -0.2) is 37.2 Å². The molecule has 6 nitrogen and oxygen atoms in total. The van der Waals surface area contributed by atoms with E-state index in [9.17, 15) is 14.4 Å². The lowest BCUT2D eigenvalue weighted by Gasteiger charge is -2.18. The lowest BCUT2D eigenvalue weighted by molar-refractivity contribution is -0.167. The van der Waals surface area contributed by atoms with Crippen LogP contribution in [0.1, 0.15) is 323 Å². The van der Waals surface area contributed by atoms with E-state index in [4.69, 9.17) is 14.2 Å². The first-order valence-electron chi connectivity index (χ1n) is 31.9. The van der Waals surface area contributed by atoms with Crippen LogP contribution in [-0.2, 0) is 28.6 Å². The van der Waals surface area contributed by atoms with Gasteiger partial charge in [-0.15, -0.1) is 0 Å². The van der Waals surface area contributed by atoms with Gasteiger partial charge in [0, 0.05) is 19.3 Å². The summed E-state index contributed by atoms with van der Waals surface area (Å²) >= 11 is 0. The van der Waals surface area contributed by atoms with Gasteiger partial charge in [-0.3, -0.25) is 14.4 Å². The number of unbranched alkanes of at least 4 members (excludes halogenated alkanes) is 35. The van der Waals surface area contributed by atoms with E-state index >= 15 is 0 Å². The molecule has 0 spiro atoms. The van der Waals surface area contributed by atoms with E-state index in [0.717, 1.165) is 103 Å². The normalized spacial score (nSPS) is 12.5. The first kappa shape index (κ1) is 70.8. The third-order valence-corrected chi connectivity index (χ3v) is 13.9. The molecule has 0 aliphatic heterocycles. The van der Waals surface area contributed by atoms with Gasteiger partial charge in [-0.05, 0) is 103 Å². The Labute approximate surface area is 459 Å². The van der Waals surface area contributed by atoms with E-state index in [-0.39, 0.29) is 31.1 Å². The van der Waals surface area contributed by atoms with E-state index in [2.05, 4.69) is 93.7 Å². The molecule has 74 heavy (non-hydrogen) atoms. The molecule has 0 saturated heterocycles. The van der Waals surface area contributed by atoms with Crippen molar-refractivity contribution in [1.29, 1.82) is 0 Å². The minimum Gasteiger partial charge on any atom is -0.462 e. The molecule has 0 radical (unpaired) electrons. The number of allylic oxidation sites excluding steroid dienone is 12. The van der Waals surface area contributed by atoms with Crippen molar-refractivity contribution in [3.05, 3.63) is 72.9 Å². The number of ether oxygens (including phenoxy) is 3. The molecule has 0 aromatic carbocycles. The monoisotopic (exact) mass is 1030 g/mol. The van der Waals surface area contributed by atoms with Crippen LogP contribution in [0.4, 0.5) is 0 Å². The molecule has 6 heteroatoms. The van der Waals surface area contributed by atoms with Crippen molar-refractivity contribution in [3.63, 3.8) is 0 Å². The van der Waals surface area contributed by atoms with Crippen molar-refractivity contribution in [1.82, 2.24) is 0 Å². The predicted molar refractivity (Wildman–Crippen MR) is 321 cm³/mol. The SMILES string of the molecule is CC/C=C\C/C=C\C/C=C\CCCCCCCCCC(=O)OC(COC(=O)CCCCCCC/C=C\C/C=C\CCCC)COC(=O)CCCCCCCCCCCCCCC/C=C\CCCCCCCCCC. The second-order valence-corrected chi connectivity index (χ2v) is 21.3. The molecule has 0 rings (SSSR count). The average molecular weight is 1030 g/mol. The molecule has 1 unspecified atom stereocenters. The summed E-state index contributed by atoms with van der Waals surface area (Å²) in [7, 11) is 0. The summed E-state index contributed by atoms with van der Waals surface area (Å²) in [5, 5.41) is 0. The highest BCUT2D eigenvalue weighted by Gasteiger charge is 2.19. The molecule has 0 fully saturated rings. The lowest BCUT2D eigenvalue weighted by Crippen LogP contribution is -2.30. The van der Waals surface area contributed by atoms with E-state index in [1.54, 1.807) is 0 Å². The lowest BCUT2D eigenvalue weighted by atomic mass is 10.0. The summed E-state index contributed by atoms with van der Waals surface area (Å²) in [4.78, 5) is 38.3. The maximum absolute atomic E-state index is 12.9. The highest BCUT2D eigenvalue weighted by molar-refractivity contribution is 5.71. The number of hydrogen-bond donors (Lipinski definition) is 0. The minimum atomic E-state index is -0.787. The summed E-state index contributed by atoms with van der Waals surface area (Å²) < 4.78 is 16.9. The van der Waals surface area contributed by atoms with Crippen molar-refractivity contribution in [2.75, 3.05) is 13.2 Å². The van der Waals surface area contributed by atoms with Crippen LogP contribution in [0, 0.1) is 0 Å². The Hall–Kier alpha value is -3.15. The molecule has 1 atom stereocenters. The van der Waals surface area contributed by atoms with Crippen LogP contribution in [0.5, 0.6) is 0 Å². The van der Waals surface area contributed by atoms with Crippen molar-refractivity contribution >= 4 is 17.9 Å². The Bertz CT molecular complexity index is 1370. The number of rotatable bonds is 58. The molecular weight excluding hydrogens is 913 g/mol. The van der Waals surface area contributed by atoms with Gasteiger partial charge in [0.25, 0.3) is 0 Å².